The molecule has 0 aliphatic carbocycles. The van der Waals surface area contributed by atoms with E-state index in [2.05, 4.69) is 26.6 Å². The standard InChI is InChI=1S/C52H87N5O34/c1-13-30(67)37(74)39(76)51(80-13)90-44-28(56-18(6)65)47(85-22(10-60)41(44)87-48-25(53-15(3)62)35(72)32(69)20(8-58)83-48)79-12-24-34(71)43(27(46(78)82-24)55-17(5)64)89-50-29(57-19(7)66)45(91-52-40(77)38(75)31(68)14(2)81-52)42(23(11-61)86-50)88-49-26(54-16(4)63)36(73)33(70)21(9-59)84-49/h13-14,20-52,58-61,67-78H,8-12H2,1-7H3,(H,53,62)(H,54,63)(H,55,64)(H,56,65)(H,57,66)/t13-,14-,20+,21+,22+,23+,24+,25+,26+,27+,28+,29+,30+,31+,32-,33-,34-,35+,36+,37+,38+,39-,40-,41+,42+,43+,44+,45+,46-,47+,48-,49-,50-,51-,52-/m0/s1. The van der Waals surface area contributed by atoms with Crippen LogP contribution in [0.25, 0.3) is 0 Å². The van der Waals surface area contributed by atoms with Crippen molar-refractivity contribution >= 4 is 29.5 Å². The molecular formula is C52H87N5O34. The van der Waals surface area contributed by atoms with Crippen LogP contribution in [0, 0.1) is 0 Å². The highest BCUT2D eigenvalue weighted by Crippen LogP contribution is 2.38. The zero-order chi connectivity index (χ0) is 67.4. The van der Waals surface area contributed by atoms with Crippen molar-refractivity contribution < 1.29 is 167 Å². The molecule has 0 radical (unpaired) electrons. The number of carbonyl (C=O) groups is 5. The normalized spacial score (nSPS) is 47.1. The van der Waals surface area contributed by atoms with E-state index < -0.39 is 277 Å². The number of nitrogens with one attached hydrogen (secondary N) is 5. The summed E-state index contributed by atoms with van der Waals surface area (Å²) in [4.78, 5) is 64.3. The molecule has 0 aromatic carbocycles. The topological polar surface area (TPSA) is 589 Å². The molecule has 7 heterocycles. The molecule has 524 valence electrons. The van der Waals surface area contributed by atoms with Crippen LogP contribution in [0.1, 0.15) is 48.5 Å². The molecule has 35 atom stereocenters. The number of aliphatic hydroxyl groups is 16. The van der Waals surface area contributed by atoms with Gasteiger partial charge in [0.05, 0.1) is 45.2 Å². The lowest BCUT2D eigenvalue weighted by Crippen LogP contribution is -2.72. The third kappa shape index (κ3) is 17.1. The van der Waals surface area contributed by atoms with Gasteiger partial charge in [-0.2, -0.15) is 0 Å². The number of aliphatic hydroxyl groups excluding tert-OH is 16. The summed E-state index contributed by atoms with van der Waals surface area (Å²) in [5.74, 6) is -4.19. The average Bonchev–Trinajstić information content (AvgIpc) is 1.25. The summed E-state index contributed by atoms with van der Waals surface area (Å²) in [6.45, 7) is 2.75. The van der Waals surface area contributed by atoms with Gasteiger partial charge in [-0.25, -0.2) is 0 Å². The number of hydrogen-bond acceptors (Lipinski definition) is 34. The molecular weight excluding hydrogens is 1240 g/mol. The second kappa shape index (κ2) is 32.3. The highest BCUT2D eigenvalue weighted by molar-refractivity contribution is 5.75. The highest BCUT2D eigenvalue weighted by atomic mass is 16.8. The van der Waals surface area contributed by atoms with Crippen molar-refractivity contribution in [3.63, 3.8) is 0 Å². The van der Waals surface area contributed by atoms with Gasteiger partial charge in [0.2, 0.25) is 29.5 Å². The SMILES string of the molecule is CC(=O)N[C@@H]1[C@@H](O[C@@H]2O[C@H](CO)[C@@H](O[C@@H]3O[C@H](CO)[C@H](O)[C@H](O)[C@H]3NC(C)=O)[C@H](O[C@@H]3O[C@@H](C)[C@@H](O)[C@@H](O)[C@@H]3O)[C@H]2NC(C)=O)[C@@H](O)[C@@H](CO[C@@H]2O[C@H](CO)[C@@H](O[C@@H]3O[C@H](CO)[C@H](O)[C@H](O)[C@H]3NC(C)=O)[C@H](O[C@@H]3O[C@@H](C)[C@@H](O)[C@@H](O)[C@@H]3O)[C@H]2NC(C)=O)O[C@@H]1O. The van der Waals surface area contributed by atoms with E-state index >= 15 is 0 Å². The minimum absolute atomic E-state index is 0.776. The fourth-order valence-corrected chi connectivity index (χ4v) is 11.8. The van der Waals surface area contributed by atoms with Gasteiger partial charge in [0.1, 0.15) is 158 Å². The quantitative estimate of drug-likeness (QED) is 0.0479. The second-order valence-electron chi connectivity index (χ2n) is 23.3. The fraction of sp³-hybridized carbons (Fsp3) is 0.904. The van der Waals surface area contributed by atoms with Crippen molar-refractivity contribution in [1.29, 1.82) is 0 Å². The number of amides is 5. The molecule has 0 aromatic heterocycles. The maximum atomic E-state index is 13.3. The molecule has 0 saturated carbocycles. The Hall–Kier alpha value is -3.81. The van der Waals surface area contributed by atoms with E-state index in [9.17, 15) is 106 Å². The van der Waals surface area contributed by atoms with Crippen molar-refractivity contribution in [3.8, 4) is 0 Å². The second-order valence-corrected chi connectivity index (χ2v) is 23.3. The van der Waals surface area contributed by atoms with Crippen LogP contribution in [0.15, 0.2) is 0 Å². The van der Waals surface area contributed by atoms with E-state index in [1.54, 1.807) is 0 Å². The van der Waals surface area contributed by atoms with E-state index in [4.69, 9.17) is 61.6 Å². The summed E-state index contributed by atoms with van der Waals surface area (Å²) < 4.78 is 79.0. The van der Waals surface area contributed by atoms with Crippen LogP contribution in [0.4, 0.5) is 0 Å². The lowest BCUT2D eigenvalue weighted by molar-refractivity contribution is -0.377. The van der Waals surface area contributed by atoms with Gasteiger partial charge in [0.15, 0.2) is 44.0 Å². The van der Waals surface area contributed by atoms with Gasteiger partial charge in [-0.05, 0) is 13.8 Å². The third-order valence-electron chi connectivity index (χ3n) is 16.5. The molecule has 0 spiro atoms. The Bertz CT molecular complexity index is 2400. The van der Waals surface area contributed by atoms with E-state index in [0.717, 1.165) is 34.6 Å². The van der Waals surface area contributed by atoms with Crippen molar-refractivity contribution in [1.82, 2.24) is 26.6 Å². The molecule has 0 bridgehead atoms. The lowest BCUT2D eigenvalue weighted by atomic mass is 9.92. The predicted octanol–water partition coefficient (Wildman–Crippen LogP) is -13.5. The van der Waals surface area contributed by atoms with Crippen LogP contribution in [0.2, 0.25) is 0 Å². The largest absolute Gasteiger partial charge is 0.394 e. The van der Waals surface area contributed by atoms with Gasteiger partial charge < -0.3 is 170 Å². The molecule has 7 aliphatic rings. The maximum Gasteiger partial charge on any atom is 0.217 e. The van der Waals surface area contributed by atoms with Crippen molar-refractivity contribution in [2.45, 2.75) is 263 Å². The Kier molecular flexibility index (Phi) is 26.5. The summed E-state index contributed by atoms with van der Waals surface area (Å²) in [7, 11) is 0. The zero-order valence-corrected chi connectivity index (χ0v) is 50.2. The molecule has 7 aliphatic heterocycles. The van der Waals surface area contributed by atoms with Crippen LogP contribution in [-0.2, 0) is 85.6 Å². The predicted molar refractivity (Wildman–Crippen MR) is 287 cm³/mol. The first-order valence-corrected chi connectivity index (χ1v) is 29.3. The van der Waals surface area contributed by atoms with Gasteiger partial charge in [-0.15, -0.1) is 0 Å². The van der Waals surface area contributed by atoms with Crippen molar-refractivity contribution in [2.75, 3.05) is 33.0 Å². The molecule has 7 rings (SSSR count). The van der Waals surface area contributed by atoms with Gasteiger partial charge in [-0.1, -0.05) is 0 Å². The Morgan fingerprint density at radius 2 is 0.626 bits per heavy atom. The number of carbonyl (C=O) groups excluding carboxylic acids is 5. The van der Waals surface area contributed by atoms with E-state index in [-0.39, 0.29) is 0 Å². The summed E-state index contributed by atoms with van der Waals surface area (Å²) in [6, 6.07) is -8.75. The Morgan fingerprint density at radius 3 is 1.01 bits per heavy atom. The number of hydrogen-bond donors (Lipinski definition) is 21. The van der Waals surface area contributed by atoms with Crippen LogP contribution in [0.5, 0.6) is 0 Å². The van der Waals surface area contributed by atoms with E-state index in [1.807, 2.05) is 0 Å². The third-order valence-corrected chi connectivity index (χ3v) is 16.5. The van der Waals surface area contributed by atoms with E-state index in [1.165, 1.54) is 13.8 Å². The minimum Gasteiger partial charge on any atom is -0.394 e. The molecule has 7 saturated heterocycles. The summed E-state index contributed by atoms with van der Waals surface area (Å²) in [5.41, 5.74) is 0. The molecule has 5 amide bonds. The fourth-order valence-electron chi connectivity index (χ4n) is 11.8. The van der Waals surface area contributed by atoms with Gasteiger partial charge in [-0.3, -0.25) is 24.0 Å². The Balaban J connectivity index is 1.24. The first kappa shape index (κ1) is 74.6. The molecule has 39 nitrogen and oxygen atoms in total. The van der Waals surface area contributed by atoms with Crippen LogP contribution in [-0.4, -0.2) is 359 Å². The molecule has 21 N–H and O–H groups in total. The molecule has 91 heavy (non-hydrogen) atoms. The minimum atomic E-state index is -2.20. The van der Waals surface area contributed by atoms with Crippen molar-refractivity contribution in [3.05, 3.63) is 0 Å². The molecule has 0 aromatic rings. The average molecular weight is 1330 g/mol. The van der Waals surface area contributed by atoms with Gasteiger partial charge in [0, 0.05) is 34.6 Å². The number of rotatable bonds is 22. The zero-order valence-electron chi connectivity index (χ0n) is 50.2. The lowest BCUT2D eigenvalue weighted by Gasteiger charge is -2.52. The molecule has 39 heteroatoms. The van der Waals surface area contributed by atoms with Crippen LogP contribution >= 0.6 is 0 Å². The summed E-state index contributed by atoms with van der Waals surface area (Å²) in [6.07, 6.45) is -55.5. The Labute approximate surface area is 518 Å². The van der Waals surface area contributed by atoms with Crippen LogP contribution in [0.3, 0.4) is 0 Å². The molecule has 0 unspecified atom stereocenters. The first-order valence-electron chi connectivity index (χ1n) is 29.3. The summed E-state index contributed by atoms with van der Waals surface area (Å²) >= 11 is 0. The number of ether oxygens (including phenoxy) is 13. The smallest absolute Gasteiger partial charge is 0.217 e. The molecule has 7 fully saturated rings. The summed E-state index contributed by atoms with van der Waals surface area (Å²) in [5, 5.41) is 188. The van der Waals surface area contributed by atoms with Crippen LogP contribution < -0.4 is 26.6 Å². The first-order chi connectivity index (χ1) is 42.8. The van der Waals surface area contributed by atoms with Crippen molar-refractivity contribution in [2.24, 2.45) is 0 Å². The highest BCUT2D eigenvalue weighted by Gasteiger charge is 2.60. The van der Waals surface area contributed by atoms with Gasteiger partial charge >= 0.3 is 0 Å². The Morgan fingerprint density at radius 1 is 0.308 bits per heavy atom. The monoisotopic (exact) mass is 1330 g/mol. The van der Waals surface area contributed by atoms with E-state index in [0.29, 0.717) is 0 Å². The maximum absolute atomic E-state index is 13.3. The van der Waals surface area contributed by atoms with Gasteiger partial charge in [0.25, 0.3) is 0 Å².